The third-order valence-corrected chi connectivity index (χ3v) is 1.33. The van der Waals surface area contributed by atoms with E-state index in [9.17, 15) is 9.59 Å². The second-order valence-electron chi connectivity index (χ2n) is 2.23. The van der Waals surface area contributed by atoms with Gasteiger partial charge in [0.15, 0.2) is 0 Å². The van der Waals surface area contributed by atoms with Gasteiger partial charge in [-0.25, -0.2) is 9.59 Å². The first-order valence-electron chi connectivity index (χ1n) is 3.67. The van der Waals surface area contributed by atoms with Crippen LogP contribution in [0.3, 0.4) is 0 Å². The molecule has 0 atom stereocenters. The summed E-state index contributed by atoms with van der Waals surface area (Å²) in [5, 5.41) is 0. The number of ether oxygens (including phenoxy) is 1. The van der Waals surface area contributed by atoms with Crippen molar-refractivity contribution in [3.05, 3.63) is 22.2 Å². The largest absolute Gasteiger partial charge is 0.462 e. The van der Waals surface area contributed by atoms with E-state index in [1.807, 2.05) is 0 Å². The number of anilines is 1. The van der Waals surface area contributed by atoms with Crippen LogP contribution in [0.1, 0.15) is 17.3 Å². The molecule has 0 aliphatic rings. The zero-order valence-electron chi connectivity index (χ0n) is 7.03. The van der Waals surface area contributed by atoms with Crippen molar-refractivity contribution in [2.24, 2.45) is 0 Å². The van der Waals surface area contributed by atoms with Gasteiger partial charge in [0.25, 0.3) is 0 Å². The average molecular weight is 183 g/mol. The summed E-state index contributed by atoms with van der Waals surface area (Å²) in [5.74, 6) is -0.717. The summed E-state index contributed by atoms with van der Waals surface area (Å²) in [6.45, 7) is 1.92. The van der Waals surface area contributed by atoms with Gasteiger partial charge in [0.1, 0.15) is 11.4 Å². The van der Waals surface area contributed by atoms with E-state index in [0.29, 0.717) is 0 Å². The highest BCUT2D eigenvalue weighted by Gasteiger charge is 2.11. The van der Waals surface area contributed by atoms with Crippen LogP contribution in [0.2, 0.25) is 0 Å². The number of hydrogen-bond donors (Lipinski definition) is 2. The summed E-state index contributed by atoms with van der Waals surface area (Å²) in [6, 6.07) is 0. The van der Waals surface area contributed by atoms with Crippen LogP contribution in [0.25, 0.3) is 0 Å². The molecular weight excluding hydrogens is 174 g/mol. The minimum atomic E-state index is -0.594. The number of rotatable bonds is 2. The third-order valence-electron chi connectivity index (χ3n) is 1.33. The number of carbonyl (C=O) groups is 1. The van der Waals surface area contributed by atoms with E-state index >= 15 is 0 Å². The Bertz CT molecular complexity index is 371. The van der Waals surface area contributed by atoms with Crippen molar-refractivity contribution in [2.75, 3.05) is 12.3 Å². The Hall–Kier alpha value is -1.85. The molecule has 0 saturated carbocycles. The number of H-pyrrole nitrogens is 1. The Kier molecular flexibility index (Phi) is 2.63. The van der Waals surface area contributed by atoms with Gasteiger partial charge in [0.05, 0.1) is 6.61 Å². The number of carbonyl (C=O) groups excluding carboxylic acids is 1. The van der Waals surface area contributed by atoms with E-state index in [2.05, 4.69) is 14.7 Å². The molecule has 13 heavy (non-hydrogen) atoms. The Morgan fingerprint density at radius 2 is 2.46 bits per heavy atom. The van der Waals surface area contributed by atoms with Crippen molar-refractivity contribution < 1.29 is 9.53 Å². The zero-order valence-corrected chi connectivity index (χ0v) is 7.03. The lowest BCUT2D eigenvalue weighted by molar-refractivity contribution is 0.0526. The van der Waals surface area contributed by atoms with Crippen molar-refractivity contribution in [2.45, 2.75) is 6.92 Å². The van der Waals surface area contributed by atoms with Gasteiger partial charge in [0.2, 0.25) is 0 Å². The van der Waals surface area contributed by atoms with Gasteiger partial charge in [-0.3, -0.25) is 0 Å². The van der Waals surface area contributed by atoms with Crippen molar-refractivity contribution in [3.8, 4) is 0 Å². The van der Waals surface area contributed by atoms with Crippen LogP contribution in [0.15, 0.2) is 11.0 Å². The first-order chi connectivity index (χ1) is 6.15. The first-order valence-corrected chi connectivity index (χ1v) is 3.67. The van der Waals surface area contributed by atoms with Crippen molar-refractivity contribution in [1.29, 1.82) is 0 Å². The maximum Gasteiger partial charge on any atom is 0.346 e. The molecule has 0 aliphatic carbocycles. The zero-order chi connectivity index (χ0) is 9.84. The van der Waals surface area contributed by atoms with Crippen LogP contribution in [0.4, 0.5) is 5.82 Å². The van der Waals surface area contributed by atoms with Gasteiger partial charge >= 0.3 is 11.7 Å². The molecule has 1 aromatic heterocycles. The third kappa shape index (κ3) is 2.05. The fraction of sp³-hybridized carbons (Fsp3) is 0.286. The number of hydrogen-bond acceptors (Lipinski definition) is 5. The van der Waals surface area contributed by atoms with Crippen LogP contribution < -0.4 is 11.4 Å². The molecule has 0 saturated heterocycles. The Morgan fingerprint density at radius 1 is 1.77 bits per heavy atom. The summed E-state index contributed by atoms with van der Waals surface area (Å²) in [6.07, 6.45) is 1.18. The van der Waals surface area contributed by atoms with Crippen LogP contribution in [-0.4, -0.2) is 22.5 Å². The van der Waals surface area contributed by atoms with E-state index in [1.165, 1.54) is 6.20 Å². The number of nitrogens with one attached hydrogen (secondary N) is 1. The molecule has 1 aromatic rings. The summed E-state index contributed by atoms with van der Waals surface area (Å²) < 4.78 is 4.67. The highest BCUT2D eigenvalue weighted by atomic mass is 16.5. The Morgan fingerprint density at radius 3 is 3.00 bits per heavy atom. The lowest BCUT2D eigenvalue weighted by Gasteiger charge is -2.02. The van der Waals surface area contributed by atoms with Crippen molar-refractivity contribution >= 4 is 11.8 Å². The minimum absolute atomic E-state index is 0.0708. The summed E-state index contributed by atoms with van der Waals surface area (Å²) >= 11 is 0. The van der Waals surface area contributed by atoms with Gasteiger partial charge in [0, 0.05) is 6.20 Å². The van der Waals surface area contributed by atoms with E-state index in [0.717, 1.165) is 0 Å². The molecule has 0 unspecified atom stereocenters. The van der Waals surface area contributed by atoms with Crippen LogP contribution in [-0.2, 0) is 4.74 Å². The molecule has 3 N–H and O–H groups in total. The number of nitrogens with two attached hydrogens (primary N) is 1. The smallest absolute Gasteiger partial charge is 0.346 e. The molecule has 0 bridgehead atoms. The summed E-state index contributed by atoms with van der Waals surface area (Å²) in [4.78, 5) is 27.3. The predicted molar refractivity (Wildman–Crippen MR) is 45.2 cm³/mol. The topological polar surface area (TPSA) is 98.1 Å². The Labute approximate surface area is 73.7 Å². The molecule has 0 spiro atoms. The van der Waals surface area contributed by atoms with Crippen LogP contribution >= 0.6 is 0 Å². The van der Waals surface area contributed by atoms with Crippen molar-refractivity contribution in [3.63, 3.8) is 0 Å². The number of aromatic nitrogens is 2. The van der Waals surface area contributed by atoms with E-state index in [4.69, 9.17) is 5.73 Å². The molecule has 1 heterocycles. The SMILES string of the molecule is CCOC(=O)c1c[nH]c(=O)nc1N. The second-order valence-corrected chi connectivity index (χ2v) is 2.23. The monoisotopic (exact) mass is 183 g/mol. The van der Waals surface area contributed by atoms with Crippen LogP contribution in [0, 0.1) is 0 Å². The maximum absolute atomic E-state index is 11.1. The van der Waals surface area contributed by atoms with E-state index in [1.54, 1.807) is 6.92 Å². The highest BCUT2D eigenvalue weighted by Crippen LogP contribution is 2.04. The van der Waals surface area contributed by atoms with Gasteiger partial charge in [-0.2, -0.15) is 4.98 Å². The fourth-order valence-corrected chi connectivity index (χ4v) is 0.782. The summed E-state index contributed by atoms with van der Waals surface area (Å²) in [5.41, 5.74) is 4.80. The molecule has 0 aromatic carbocycles. The first kappa shape index (κ1) is 9.24. The quantitative estimate of drug-likeness (QED) is 0.604. The second kappa shape index (κ2) is 3.70. The molecule has 0 amide bonds. The predicted octanol–water partition coefficient (Wildman–Crippen LogP) is -0.471. The van der Waals surface area contributed by atoms with Gasteiger partial charge in [-0.1, -0.05) is 0 Å². The van der Waals surface area contributed by atoms with Gasteiger partial charge in [-0.05, 0) is 6.92 Å². The molecule has 6 heteroatoms. The highest BCUT2D eigenvalue weighted by molar-refractivity contribution is 5.93. The lowest BCUT2D eigenvalue weighted by atomic mass is 10.3. The Balaban J connectivity index is 3.02. The van der Waals surface area contributed by atoms with E-state index in [-0.39, 0.29) is 18.0 Å². The molecular formula is C7H9N3O3. The average Bonchev–Trinajstić information content (AvgIpc) is 2.04. The molecule has 0 radical (unpaired) electrons. The molecule has 1 rings (SSSR count). The number of nitrogen functional groups attached to an aromatic ring is 1. The maximum atomic E-state index is 11.1. The van der Waals surface area contributed by atoms with Gasteiger partial charge in [-0.15, -0.1) is 0 Å². The summed E-state index contributed by atoms with van der Waals surface area (Å²) in [7, 11) is 0. The lowest BCUT2D eigenvalue weighted by Crippen LogP contribution is -2.17. The standard InChI is InChI=1S/C7H9N3O3/c1-2-13-6(11)4-3-9-7(12)10-5(4)8/h3H,2H2,1H3,(H3,8,9,10,12). The normalized spacial score (nSPS) is 9.62. The molecule has 0 fully saturated rings. The molecule has 0 aliphatic heterocycles. The van der Waals surface area contributed by atoms with Crippen molar-refractivity contribution in [1.82, 2.24) is 9.97 Å². The number of aromatic amines is 1. The van der Waals surface area contributed by atoms with Gasteiger partial charge < -0.3 is 15.5 Å². The molecule has 70 valence electrons. The van der Waals surface area contributed by atoms with Crippen LogP contribution in [0.5, 0.6) is 0 Å². The number of esters is 1. The fourth-order valence-electron chi connectivity index (χ4n) is 0.782. The minimum Gasteiger partial charge on any atom is -0.462 e. The number of nitrogens with zero attached hydrogens (tertiary/aromatic N) is 1. The van der Waals surface area contributed by atoms with E-state index < -0.39 is 11.7 Å². The molecule has 6 nitrogen and oxygen atoms in total.